The van der Waals surface area contributed by atoms with E-state index in [1.165, 1.54) is 38.5 Å². The molecule has 0 aromatic heterocycles. The average Bonchev–Trinajstić information content (AvgIpc) is 2.37. The van der Waals surface area contributed by atoms with Gasteiger partial charge < -0.3 is 10.8 Å². The summed E-state index contributed by atoms with van der Waals surface area (Å²) in [7, 11) is 0. The second-order valence-corrected chi connectivity index (χ2v) is 5.95. The van der Waals surface area contributed by atoms with Crippen LogP contribution in [0.5, 0.6) is 0 Å². The predicted molar refractivity (Wildman–Crippen MR) is 73.9 cm³/mol. The summed E-state index contributed by atoms with van der Waals surface area (Å²) in [5.41, 5.74) is 6.03. The molecule has 1 aliphatic rings. The van der Waals surface area contributed by atoms with E-state index in [9.17, 15) is 5.11 Å². The summed E-state index contributed by atoms with van der Waals surface area (Å²) in [5.74, 6) is 0.756. The minimum absolute atomic E-state index is 0.0344. The van der Waals surface area contributed by atoms with Crippen molar-refractivity contribution in [3.63, 3.8) is 0 Å². The summed E-state index contributed by atoms with van der Waals surface area (Å²) in [5, 5.41) is 10.3. The molecule has 3 atom stereocenters. The molecule has 0 bridgehead atoms. The van der Waals surface area contributed by atoms with Gasteiger partial charge in [-0.2, -0.15) is 0 Å². The fourth-order valence-corrected chi connectivity index (χ4v) is 3.37. The minimum atomic E-state index is -0.156. The summed E-state index contributed by atoms with van der Waals surface area (Å²) in [6.07, 6.45) is 10.6. The van der Waals surface area contributed by atoms with E-state index in [-0.39, 0.29) is 11.5 Å². The van der Waals surface area contributed by atoms with Crippen molar-refractivity contribution < 1.29 is 5.11 Å². The zero-order chi connectivity index (χ0) is 12.7. The molecular formula is C15H31NO. The molecule has 0 heterocycles. The number of unbranched alkanes of at least 4 members (excludes halogenated alkanes) is 1. The maximum atomic E-state index is 10.3. The highest BCUT2D eigenvalue weighted by atomic mass is 16.3. The average molecular weight is 241 g/mol. The van der Waals surface area contributed by atoms with Crippen LogP contribution in [0.25, 0.3) is 0 Å². The molecule has 2 heteroatoms. The third-order valence-electron chi connectivity index (χ3n) is 4.75. The van der Waals surface area contributed by atoms with Crippen LogP contribution in [-0.4, -0.2) is 17.8 Å². The van der Waals surface area contributed by atoms with Crippen LogP contribution in [0.4, 0.5) is 0 Å². The number of nitrogens with two attached hydrogens (primary N) is 1. The lowest BCUT2D eigenvalue weighted by Gasteiger charge is -2.43. The van der Waals surface area contributed by atoms with E-state index in [4.69, 9.17) is 5.73 Å². The Bertz CT molecular complexity index is 207. The van der Waals surface area contributed by atoms with E-state index in [0.717, 1.165) is 25.2 Å². The molecule has 1 aliphatic carbocycles. The number of aliphatic hydroxyl groups excluding tert-OH is 1. The van der Waals surface area contributed by atoms with Crippen molar-refractivity contribution in [3.8, 4) is 0 Å². The molecule has 102 valence electrons. The third-order valence-corrected chi connectivity index (χ3v) is 4.75. The molecule has 0 amide bonds. The Balaban J connectivity index is 2.58. The van der Waals surface area contributed by atoms with Crippen molar-refractivity contribution in [2.75, 3.05) is 6.54 Å². The lowest BCUT2D eigenvalue weighted by atomic mass is 9.66. The van der Waals surface area contributed by atoms with E-state index in [2.05, 4.69) is 13.8 Å². The zero-order valence-electron chi connectivity index (χ0n) is 11.8. The largest absolute Gasteiger partial charge is 0.393 e. The summed E-state index contributed by atoms with van der Waals surface area (Å²) in [6, 6.07) is 0. The second kappa shape index (κ2) is 7.38. The van der Waals surface area contributed by atoms with E-state index in [1.807, 2.05) is 0 Å². The van der Waals surface area contributed by atoms with E-state index < -0.39 is 0 Å². The summed E-state index contributed by atoms with van der Waals surface area (Å²) in [4.78, 5) is 0. The topological polar surface area (TPSA) is 46.2 Å². The van der Waals surface area contributed by atoms with Gasteiger partial charge in [-0.05, 0) is 25.2 Å². The molecule has 0 aromatic rings. The van der Waals surface area contributed by atoms with Gasteiger partial charge in [-0.3, -0.25) is 0 Å². The number of aliphatic hydroxyl groups is 1. The van der Waals surface area contributed by atoms with Gasteiger partial charge in [0, 0.05) is 12.0 Å². The zero-order valence-corrected chi connectivity index (χ0v) is 11.8. The quantitative estimate of drug-likeness (QED) is 0.717. The van der Waals surface area contributed by atoms with E-state index in [1.54, 1.807) is 0 Å². The Hall–Kier alpha value is -0.0800. The number of rotatable bonds is 7. The van der Waals surface area contributed by atoms with Crippen LogP contribution in [0.2, 0.25) is 0 Å². The van der Waals surface area contributed by atoms with Crippen LogP contribution in [0.15, 0.2) is 0 Å². The van der Waals surface area contributed by atoms with Gasteiger partial charge in [0.1, 0.15) is 0 Å². The maximum Gasteiger partial charge on any atom is 0.0608 e. The summed E-state index contributed by atoms with van der Waals surface area (Å²) in [6.45, 7) is 5.19. The summed E-state index contributed by atoms with van der Waals surface area (Å²) >= 11 is 0. The SMILES string of the molecule is CCCCC(CC)CC1(CN)CCCCC1O. The molecule has 3 N–H and O–H groups in total. The third kappa shape index (κ3) is 3.96. The van der Waals surface area contributed by atoms with Crippen LogP contribution in [0, 0.1) is 11.3 Å². The van der Waals surface area contributed by atoms with E-state index in [0.29, 0.717) is 6.54 Å². The molecule has 1 fully saturated rings. The second-order valence-electron chi connectivity index (χ2n) is 5.95. The van der Waals surface area contributed by atoms with Gasteiger partial charge >= 0.3 is 0 Å². The molecule has 0 aromatic carbocycles. The lowest BCUT2D eigenvalue weighted by molar-refractivity contribution is -0.0234. The lowest BCUT2D eigenvalue weighted by Crippen LogP contribution is -2.45. The first-order valence-electron chi connectivity index (χ1n) is 7.56. The van der Waals surface area contributed by atoms with Gasteiger partial charge in [0.2, 0.25) is 0 Å². The van der Waals surface area contributed by atoms with Crippen molar-refractivity contribution in [2.45, 2.75) is 77.7 Å². The molecule has 17 heavy (non-hydrogen) atoms. The van der Waals surface area contributed by atoms with Crippen LogP contribution < -0.4 is 5.73 Å². The molecule has 1 rings (SSSR count). The number of hydrogen-bond donors (Lipinski definition) is 2. The monoisotopic (exact) mass is 241 g/mol. The molecule has 3 unspecified atom stereocenters. The minimum Gasteiger partial charge on any atom is -0.393 e. The van der Waals surface area contributed by atoms with Crippen LogP contribution >= 0.6 is 0 Å². The first kappa shape index (κ1) is 15.0. The fourth-order valence-electron chi connectivity index (χ4n) is 3.37. The maximum absolute atomic E-state index is 10.3. The Labute approximate surface area is 107 Å². The fraction of sp³-hybridized carbons (Fsp3) is 1.00. The van der Waals surface area contributed by atoms with Crippen LogP contribution in [-0.2, 0) is 0 Å². The molecule has 1 saturated carbocycles. The molecule has 0 spiro atoms. The highest BCUT2D eigenvalue weighted by Crippen LogP contribution is 2.42. The van der Waals surface area contributed by atoms with Crippen molar-refractivity contribution in [2.24, 2.45) is 17.1 Å². The normalized spacial score (nSPS) is 31.4. The molecule has 0 aliphatic heterocycles. The molecular weight excluding hydrogens is 210 g/mol. The Kier molecular flexibility index (Phi) is 6.50. The van der Waals surface area contributed by atoms with Crippen molar-refractivity contribution in [3.05, 3.63) is 0 Å². The Morgan fingerprint density at radius 1 is 1.35 bits per heavy atom. The van der Waals surface area contributed by atoms with Gasteiger partial charge in [-0.1, -0.05) is 52.4 Å². The highest BCUT2D eigenvalue weighted by Gasteiger charge is 2.39. The van der Waals surface area contributed by atoms with E-state index >= 15 is 0 Å². The number of hydrogen-bond acceptors (Lipinski definition) is 2. The first-order valence-corrected chi connectivity index (χ1v) is 7.56. The van der Waals surface area contributed by atoms with Gasteiger partial charge in [0.15, 0.2) is 0 Å². The summed E-state index contributed by atoms with van der Waals surface area (Å²) < 4.78 is 0. The predicted octanol–water partition coefficient (Wildman–Crippen LogP) is 3.47. The van der Waals surface area contributed by atoms with Gasteiger partial charge in [0.05, 0.1) is 6.10 Å². The van der Waals surface area contributed by atoms with Gasteiger partial charge in [-0.15, -0.1) is 0 Å². The smallest absolute Gasteiger partial charge is 0.0608 e. The van der Waals surface area contributed by atoms with Gasteiger partial charge in [0.25, 0.3) is 0 Å². The van der Waals surface area contributed by atoms with Crippen LogP contribution in [0.3, 0.4) is 0 Å². The van der Waals surface area contributed by atoms with Crippen LogP contribution in [0.1, 0.15) is 71.6 Å². The molecule has 2 nitrogen and oxygen atoms in total. The van der Waals surface area contributed by atoms with Crippen molar-refractivity contribution >= 4 is 0 Å². The molecule has 0 saturated heterocycles. The van der Waals surface area contributed by atoms with Crippen molar-refractivity contribution in [1.82, 2.24) is 0 Å². The Morgan fingerprint density at radius 3 is 2.65 bits per heavy atom. The van der Waals surface area contributed by atoms with Crippen molar-refractivity contribution in [1.29, 1.82) is 0 Å². The standard InChI is InChI=1S/C15H31NO/c1-3-5-8-13(4-2)11-15(12-16)10-7-6-9-14(15)17/h13-14,17H,3-12,16H2,1-2H3. The highest BCUT2D eigenvalue weighted by molar-refractivity contribution is 4.92. The first-order chi connectivity index (χ1) is 8.18. The van der Waals surface area contributed by atoms with Gasteiger partial charge in [-0.25, -0.2) is 0 Å². The molecule has 0 radical (unpaired) electrons. The Morgan fingerprint density at radius 2 is 2.12 bits per heavy atom.